The van der Waals surface area contributed by atoms with Crippen LogP contribution in [0.4, 0.5) is 10.1 Å². The molecule has 0 aliphatic heterocycles. The highest BCUT2D eigenvalue weighted by Gasteiger charge is 2.12. The van der Waals surface area contributed by atoms with Gasteiger partial charge in [0.05, 0.1) is 5.56 Å². The Bertz CT molecular complexity index is 824. The number of rotatable bonds is 1. The summed E-state index contributed by atoms with van der Waals surface area (Å²) in [5.74, 6) is -0.503. The highest BCUT2D eigenvalue weighted by atomic mass is 19.1. The molecule has 2 N–H and O–H groups in total. The number of nitrogens with two attached hydrogens (primary N) is 1. The number of benzene rings is 2. The zero-order chi connectivity index (χ0) is 13.4. The van der Waals surface area contributed by atoms with Gasteiger partial charge in [0.2, 0.25) is 0 Å². The summed E-state index contributed by atoms with van der Waals surface area (Å²) in [4.78, 5) is 11.9. The van der Waals surface area contributed by atoms with Crippen LogP contribution in [0.2, 0.25) is 0 Å². The Labute approximate surface area is 108 Å². The van der Waals surface area contributed by atoms with Gasteiger partial charge in [0.25, 0.3) is 0 Å². The summed E-state index contributed by atoms with van der Waals surface area (Å²) in [6, 6.07) is 12.8. The fourth-order valence-corrected chi connectivity index (χ4v) is 2.00. The summed E-state index contributed by atoms with van der Waals surface area (Å²) in [5, 5.41) is 0.735. The molecular weight excluding hydrogens is 245 g/mol. The van der Waals surface area contributed by atoms with Gasteiger partial charge < -0.3 is 10.2 Å². The maximum Gasteiger partial charge on any atom is 0.344 e. The van der Waals surface area contributed by atoms with Gasteiger partial charge in [0, 0.05) is 16.6 Å². The standard InChI is InChI=1S/C15H10FNO2/c16-13-6-5-10(17)8-11(13)12-7-9-3-1-2-4-14(9)19-15(12)18/h1-8H,17H2. The smallest absolute Gasteiger partial charge is 0.344 e. The van der Waals surface area contributed by atoms with Gasteiger partial charge in [0.15, 0.2) is 0 Å². The predicted octanol–water partition coefficient (Wildman–Crippen LogP) is 3.18. The summed E-state index contributed by atoms with van der Waals surface area (Å²) in [6.07, 6.45) is 0. The van der Waals surface area contributed by atoms with E-state index in [2.05, 4.69) is 0 Å². The molecule has 3 nitrogen and oxygen atoms in total. The number of hydrogen-bond acceptors (Lipinski definition) is 3. The first-order valence-corrected chi connectivity index (χ1v) is 5.73. The first kappa shape index (κ1) is 11.5. The Kier molecular flexibility index (Phi) is 2.56. The lowest BCUT2D eigenvalue weighted by Crippen LogP contribution is -2.04. The highest BCUT2D eigenvalue weighted by molar-refractivity contribution is 5.82. The quantitative estimate of drug-likeness (QED) is 0.536. The van der Waals surface area contributed by atoms with Gasteiger partial charge in [-0.3, -0.25) is 0 Å². The molecule has 0 saturated heterocycles. The van der Waals surface area contributed by atoms with Crippen molar-refractivity contribution in [3.63, 3.8) is 0 Å². The number of nitrogen functional groups attached to an aromatic ring is 1. The highest BCUT2D eigenvalue weighted by Crippen LogP contribution is 2.25. The van der Waals surface area contributed by atoms with Crippen LogP contribution in [0.3, 0.4) is 0 Å². The van der Waals surface area contributed by atoms with Crippen LogP contribution in [0.15, 0.2) is 57.7 Å². The van der Waals surface area contributed by atoms with Crippen molar-refractivity contribution in [2.45, 2.75) is 0 Å². The summed E-state index contributed by atoms with van der Waals surface area (Å²) in [6.45, 7) is 0. The summed E-state index contributed by atoms with van der Waals surface area (Å²) >= 11 is 0. The molecule has 3 rings (SSSR count). The molecule has 0 aliphatic carbocycles. The van der Waals surface area contributed by atoms with Crippen molar-refractivity contribution < 1.29 is 8.81 Å². The van der Waals surface area contributed by atoms with Crippen LogP contribution >= 0.6 is 0 Å². The Hall–Kier alpha value is -2.62. The van der Waals surface area contributed by atoms with Gasteiger partial charge >= 0.3 is 5.63 Å². The third kappa shape index (κ3) is 1.97. The number of anilines is 1. The van der Waals surface area contributed by atoms with E-state index >= 15 is 0 Å². The lowest BCUT2D eigenvalue weighted by Gasteiger charge is -2.04. The molecule has 0 spiro atoms. The van der Waals surface area contributed by atoms with Gasteiger partial charge in [-0.15, -0.1) is 0 Å². The molecular formula is C15H10FNO2. The minimum atomic E-state index is -0.580. The molecule has 4 heteroatoms. The van der Waals surface area contributed by atoms with Crippen molar-refractivity contribution in [1.29, 1.82) is 0 Å². The number of halogens is 1. The van der Waals surface area contributed by atoms with Gasteiger partial charge in [-0.2, -0.15) is 0 Å². The van der Waals surface area contributed by atoms with Crippen LogP contribution in [0.5, 0.6) is 0 Å². The van der Waals surface area contributed by atoms with E-state index in [1.54, 1.807) is 24.3 Å². The Morgan fingerprint density at radius 1 is 1.00 bits per heavy atom. The second-order valence-electron chi connectivity index (χ2n) is 4.22. The SMILES string of the molecule is Nc1ccc(F)c(-c2cc3ccccc3oc2=O)c1. The van der Waals surface area contributed by atoms with E-state index in [1.807, 2.05) is 6.07 Å². The second-order valence-corrected chi connectivity index (χ2v) is 4.22. The van der Waals surface area contributed by atoms with Crippen LogP contribution in [-0.4, -0.2) is 0 Å². The van der Waals surface area contributed by atoms with Crippen LogP contribution in [0.1, 0.15) is 0 Å². The fraction of sp³-hybridized carbons (Fsp3) is 0. The van der Waals surface area contributed by atoms with Crippen molar-refractivity contribution in [3.05, 3.63) is 64.8 Å². The average molecular weight is 255 g/mol. The van der Waals surface area contributed by atoms with Crippen LogP contribution in [-0.2, 0) is 0 Å². The van der Waals surface area contributed by atoms with E-state index in [1.165, 1.54) is 18.2 Å². The second kappa shape index (κ2) is 4.24. The molecule has 2 aromatic carbocycles. The molecule has 0 bridgehead atoms. The van der Waals surface area contributed by atoms with Crippen molar-refractivity contribution in [3.8, 4) is 11.1 Å². The van der Waals surface area contributed by atoms with Gasteiger partial charge in [-0.1, -0.05) is 18.2 Å². The zero-order valence-corrected chi connectivity index (χ0v) is 9.89. The molecule has 0 amide bonds. The number of para-hydroxylation sites is 1. The maximum atomic E-state index is 13.8. The van der Waals surface area contributed by atoms with Crippen molar-refractivity contribution in [1.82, 2.24) is 0 Å². The molecule has 19 heavy (non-hydrogen) atoms. The molecule has 94 valence electrons. The third-order valence-electron chi connectivity index (χ3n) is 2.92. The van der Waals surface area contributed by atoms with E-state index in [9.17, 15) is 9.18 Å². The molecule has 0 saturated carbocycles. The molecule has 0 atom stereocenters. The molecule has 1 aromatic heterocycles. The minimum absolute atomic E-state index is 0.152. The van der Waals surface area contributed by atoms with Crippen LogP contribution in [0.25, 0.3) is 22.1 Å². The lowest BCUT2D eigenvalue weighted by molar-refractivity contribution is 0.561. The van der Waals surface area contributed by atoms with Gasteiger partial charge in [0.1, 0.15) is 11.4 Å². The summed E-state index contributed by atoms with van der Waals surface area (Å²) in [7, 11) is 0. The van der Waals surface area contributed by atoms with E-state index in [0.29, 0.717) is 11.3 Å². The molecule has 0 radical (unpaired) electrons. The zero-order valence-electron chi connectivity index (χ0n) is 9.89. The monoisotopic (exact) mass is 255 g/mol. The normalized spacial score (nSPS) is 10.8. The fourth-order valence-electron chi connectivity index (χ4n) is 2.00. The minimum Gasteiger partial charge on any atom is -0.422 e. The largest absolute Gasteiger partial charge is 0.422 e. The van der Waals surface area contributed by atoms with Crippen molar-refractivity contribution in [2.24, 2.45) is 0 Å². The van der Waals surface area contributed by atoms with E-state index < -0.39 is 11.4 Å². The molecule has 3 aromatic rings. The van der Waals surface area contributed by atoms with Gasteiger partial charge in [-0.05, 0) is 30.3 Å². The topological polar surface area (TPSA) is 56.2 Å². The van der Waals surface area contributed by atoms with E-state index in [0.717, 1.165) is 5.39 Å². The number of hydrogen-bond donors (Lipinski definition) is 1. The summed E-state index contributed by atoms with van der Waals surface area (Å²) in [5.41, 5.74) is 6.24. The van der Waals surface area contributed by atoms with Gasteiger partial charge in [-0.25, -0.2) is 9.18 Å². The Morgan fingerprint density at radius 2 is 1.79 bits per heavy atom. The van der Waals surface area contributed by atoms with Crippen molar-refractivity contribution >= 4 is 16.7 Å². The van der Waals surface area contributed by atoms with Crippen LogP contribution < -0.4 is 11.4 Å². The lowest BCUT2D eigenvalue weighted by atomic mass is 10.0. The average Bonchev–Trinajstić information content (AvgIpc) is 2.41. The predicted molar refractivity (Wildman–Crippen MR) is 72.3 cm³/mol. The van der Waals surface area contributed by atoms with Crippen LogP contribution in [0, 0.1) is 5.82 Å². The first-order chi connectivity index (χ1) is 9.15. The number of fused-ring (bicyclic) bond motifs is 1. The third-order valence-corrected chi connectivity index (χ3v) is 2.92. The Balaban J connectivity index is 2.33. The van der Waals surface area contributed by atoms with Crippen molar-refractivity contribution in [2.75, 3.05) is 5.73 Å². The summed E-state index contributed by atoms with van der Waals surface area (Å²) < 4.78 is 19.0. The molecule has 1 heterocycles. The molecule has 0 aliphatic rings. The first-order valence-electron chi connectivity index (χ1n) is 5.73. The van der Waals surface area contributed by atoms with E-state index in [4.69, 9.17) is 10.2 Å². The van der Waals surface area contributed by atoms with E-state index in [-0.39, 0.29) is 11.1 Å². The maximum absolute atomic E-state index is 13.8. The molecule has 0 unspecified atom stereocenters. The molecule has 0 fully saturated rings. The Morgan fingerprint density at radius 3 is 2.63 bits per heavy atom.